The molecule has 0 unspecified atom stereocenters. The van der Waals surface area contributed by atoms with Gasteiger partial charge in [-0.25, -0.2) is 0 Å². The van der Waals surface area contributed by atoms with Gasteiger partial charge in [0.15, 0.2) is 0 Å². The van der Waals surface area contributed by atoms with Crippen LogP contribution < -0.4 is 6.15 Å². The second kappa shape index (κ2) is 15.0. The average Bonchev–Trinajstić information content (AvgIpc) is 2.14. The van der Waals surface area contributed by atoms with Crippen molar-refractivity contribution in [2.75, 3.05) is 0 Å². The molecule has 149 valence electrons. The summed E-state index contributed by atoms with van der Waals surface area (Å²) in [6.45, 7) is 34.9. The SMILES string of the molecule is C[Si](C)C(C)(C)C.C[Si](C)C(C)(C)C.C[Si](C)C(C)(C)C.N.[Er]. The third kappa shape index (κ3) is 28.9. The number of hydrogen-bond acceptors (Lipinski definition) is 1. The molecule has 3 N–H and O–H groups in total. The summed E-state index contributed by atoms with van der Waals surface area (Å²) < 4.78 is 0. The molecular formula is C18H48ErNSi3. The van der Waals surface area contributed by atoms with E-state index in [0.29, 0.717) is 15.1 Å². The van der Waals surface area contributed by atoms with E-state index in [1.807, 2.05) is 0 Å². The molecule has 0 aliphatic rings. The van der Waals surface area contributed by atoms with Crippen LogP contribution in [-0.4, -0.2) is 26.4 Å². The van der Waals surface area contributed by atoms with E-state index in [2.05, 4.69) is 102 Å². The molecule has 3 radical (unpaired) electrons. The summed E-state index contributed by atoms with van der Waals surface area (Å²) in [5.41, 5.74) is 0. The Balaban J connectivity index is -0.0000000675. The fraction of sp³-hybridized carbons (Fsp3) is 1.00. The number of rotatable bonds is 0. The zero-order valence-electron chi connectivity index (χ0n) is 19.0. The van der Waals surface area contributed by atoms with Crippen molar-refractivity contribution in [2.24, 2.45) is 0 Å². The van der Waals surface area contributed by atoms with Gasteiger partial charge in [-0.2, -0.15) is 0 Å². The first-order valence-corrected chi connectivity index (χ1v) is 15.8. The molecule has 0 rings (SSSR count). The van der Waals surface area contributed by atoms with Gasteiger partial charge in [-0.1, -0.05) is 102 Å². The van der Waals surface area contributed by atoms with Crippen LogP contribution in [0.3, 0.4) is 0 Å². The molecule has 5 heteroatoms. The Morgan fingerprint density at radius 1 is 0.391 bits per heavy atom. The minimum Gasteiger partial charge on any atom is -0.344 e. The van der Waals surface area contributed by atoms with Gasteiger partial charge in [0.25, 0.3) is 0 Å². The molecule has 0 saturated heterocycles. The first kappa shape index (κ1) is 35.9. The second-order valence-electron chi connectivity index (χ2n) is 9.75. The molecule has 23 heavy (non-hydrogen) atoms. The van der Waals surface area contributed by atoms with Crippen LogP contribution in [0, 0.1) is 37.3 Å². The summed E-state index contributed by atoms with van der Waals surface area (Å²) in [5, 5.41) is 1.81. The third-order valence-electron chi connectivity index (χ3n) is 4.50. The van der Waals surface area contributed by atoms with Crippen LogP contribution >= 0.6 is 0 Å². The topological polar surface area (TPSA) is 35.0 Å². The van der Waals surface area contributed by atoms with Crippen LogP contribution in [0.1, 0.15) is 62.3 Å². The van der Waals surface area contributed by atoms with E-state index in [0.717, 1.165) is 0 Å². The monoisotopic (exact) mass is 528 g/mol. The predicted octanol–water partition coefficient (Wildman–Crippen LogP) is 7.78. The molecule has 0 heterocycles. The third-order valence-corrected chi connectivity index (χ3v) is 13.5. The minimum atomic E-state index is -0.0502. The van der Waals surface area contributed by atoms with Gasteiger partial charge in [-0.05, 0) is 15.1 Å². The van der Waals surface area contributed by atoms with Gasteiger partial charge in [0.2, 0.25) is 0 Å². The largest absolute Gasteiger partial charge is 0.344 e. The predicted molar refractivity (Wildman–Crippen MR) is 117 cm³/mol. The Morgan fingerprint density at radius 3 is 0.435 bits per heavy atom. The quantitative estimate of drug-likeness (QED) is 0.319. The molecule has 0 fully saturated rings. The molecule has 0 aromatic carbocycles. The number of hydrogen-bond donors (Lipinski definition) is 1. The summed E-state index contributed by atoms with van der Waals surface area (Å²) in [6.07, 6.45) is 0. The van der Waals surface area contributed by atoms with Crippen molar-refractivity contribution >= 4 is 26.4 Å². The zero-order valence-corrected chi connectivity index (χ0v) is 23.8. The van der Waals surface area contributed by atoms with Crippen molar-refractivity contribution in [2.45, 2.75) is 117 Å². The van der Waals surface area contributed by atoms with Gasteiger partial charge in [-0.15, -0.1) is 0 Å². The van der Waals surface area contributed by atoms with Crippen LogP contribution in [0.5, 0.6) is 0 Å². The molecule has 0 aliphatic heterocycles. The Bertz CT molecular complexity index is 204. The van der Waals surface area contributed by atoms with Gasteiger partial charge in [0.05, 0.1) is 0 Å². The molecule has 0 atom stereocenters. The van der Waals surface area contributed by atoms with Gasteiger partial charge in [0.1, 0.15) is 0 Å². The van der Waals surface area contributed by atoms with Crippen LogP contribution in [0.25, 0.3) is 0 Å². The zero-order chi connectivity index (χ0) is 18.2. The maximum Gasteiger partial charge on any atom is 0.0470 e. The van der Waals surface area contributed by atoms with Crippen LogP contribution in [0.15, 0.2) is 0 Å². The smallest absolute Gasteiger partial charge is 0.0470 e. The molecule has 1 nitrogen and oxygen atoms in total. The summed E-state index contributed by atoms with van der Waals surface area (Å²) in [6, 6.07) is 0. The van der Waals surface area contributed by atoms with Crippen molar-refractivity contribution < 1.29 is 37.3 Å². The van der Waals surface area contributed by atoms with E-state index in [-0.39, 0.29) is 69.8 Å². The second-order valence-corrected chi connectivity index (χ2v) is 20.2. The maximum atomic E-state index is 2.35. The Kier molecular flexibility index (Phi) is 23.4. The Labute approximate surface area is 185 Å². The van der Waals surface area contributed by atoms with Crippen LogP contribution in [0.2, 0.25) is 54.4 Å². The van der Waals surface area contributed by atoms with Crippen molar-refractivity contribution in [1.29, 1.82) is 0 Å². The summed E-state index contributed by atoms with van der Waals surface area (Å²) in [5.74, 6) is 0. The van der Waals surface area contributed by atoms with E-state index in [1.54, 1.807) is 0 Å². The van der Waals surface area contributed by atoms with Gasteiger partial charge < -0.3 is 6.15 Å². The van der Waals surface area contributed by atoms with E-state index in [1.165, 1.54) is 0 Å². The molecule has 0 aliphatic carbocycles. The van der Waals surface area contributed by atoms with Crippen LogP contribution in [-0.2, 0) is 0 Å². The van der Waals surface area contributed by atoms with Crippen molar-refractivity contribution in [1.82, 2.24) is 6.15 Å². The first-order valence-electron chi connectivity index (χ1n) is 8.25. The Hall–Kier alpha value is 1.86. The maximum absolute atomic E-state index is 2.35. The van der Waals surface area contributed by atoms with Gasteiger partial charge >= 0.3 is 0 Å². The average molecular weight is 530 g/mol. The first-order chi connectivity index (χ1) is 8.83. The molecule has 0 saturated carbocycles. The standard InChI is InChI=1S/3C6H15Si.Er.H3N/c3*1-6(2,3)7(4)5;;/h3*1-5H3;;1H3. The molecule has 0 amide bonds. The normalized spacial score (nSPS) is 11.7. The summed E-state index contributed by atoms with van der Waals surface area (Å²) >= 11 is 0. The fourth-order valence-corrected chi connectivity index (χ4v) is 0. The molecule has 0 spiro atoms. The van der Waals surface area contributed by atoms with E-state index < -0.39 is 0 Å². The van der Waals surface area contributed by atoms with E-state index >= 15 is 0 Å². The minimum absolute atomic E-state index is 0. The van der Waals surface area contributed by atoms with Crippen molar-refractivity contribution in [3.05, 3.63) is 0 Å². The molecule has 0 aromatic heterocycles. The van der Waals surface area contributed by atoms with E-state index in [9.17, 15) is 0 Å². The van der Waals surface area contributed by atoms with E-state index in [4.69, 9.17) is 0 Å². The van der Waals surface area contributed by atoms with Crippen molar-refractivity contribution in [3.63, 3.8) is 0 Å². The fourth-order valence-electron chi connectivity index (χ4n) is 0. The van der Waals surface area contributed by atoms with Gasteiger partial charge in [-0.3, -0.25) is 0 Å². The van der Waals surface area contributed by atoms with Gasteiger partial charge in [0, 0.05) is 63.7 Å². The molecule has 0 aromatic rings. The molecular weight excluding hydrogens is 482 g/mol. The summed E-state index contributed by atoms with van der Waals surface area (Å²) in [7, 11) is -0.150. The Morgan fingerprint density at radius 2 is 0.435 bits per heavy atom. The van der Waals surface area contributed by atoms with Crippen molar-refractivity contribution in [3.8, 4) is 0 Å². The van der Waals surface area contributed by atoms with Crippen LogP contribution in [0.4, 0.5) is 0 Å². The molecule has 0 bridgehead atoms. The summed E-state index contributed by atoms with van der Waals surface area (Å²) in [4.78, 5) is 0.